The second-order valence-electron chi connectivity index (χ2n) is 7.50. The summed E-state index contributed by atoms with van der Waals surface area (Å²) in [7, 11) is 0. The zero-order chi connectivity index (χ0) is 19.4. The van der Waals surface area contributed by atoms with Crippen LogP contribution in [0.25, 0.3) is 0 Å². The van der Waals surface area contributed by atoms with Crippen molar-refractivity contribution in [2.45, 2.75) is 38.3 Å². The summed E-state index contributed by atoms with van der Waals surface area (Å²) in [6.07, 6.45) is 1.99. The Bertz CT molecular complexity index is 678. The van der Waals surface area contributed by atoms with Crippen molar-refractivity contribution >= 4 is 23.4 Å². The van der Waals surface area contributed by atoms with Crippen LogP contribution < -0.4 is 5.73 Å². The number of hydrogen-bond acceptors (Lipinski definition) is 4. The molecule has 2 aliphatic heterocycles. The van der Waals surface area contributed by atoms with Crippen LogP contribution in [0.1, 0.15) is 25.3 Å². The van der Waals surface area contributed by atoms with Crippen molar-refractivity contribution in [3.05, 3.63) is 34.9 Å². The number of carbonyl (C=O) groups excluding carboxylic acids is 2. The molecule has 0 aromatic heterocycles. The third kappa shape index (κ3) is 5.00. The summed E-state index contributed by atoms with van der Waals surface area (Å²) < 4.78 is 5.36. The maximum Gasteiger partial charge on any atom is 0.239 e. The molecule has 2 fully saturated rings. The Morgan fingerprint density at radius 3 is 2.70 bits per heavy atom. The van der Waals surface area contributed by atoms with E-state index < -0.39 is 6.04 Å². The Morgan fingerprint density at radius 1 is 1.30 bits per heavy atom. The number of carbonyl (C=O) groups is 2. The van der Waals surface area contributed by atoms with E-state index in [1.807, 2.05) is 34.9 Å². The van der Waals surface area contributed by atoms with Crippen LogP contribution in [0, 0.1) is 5.92 Å². The third-order valence-corrected chi connectivity index (χ3v) is 5.80. The maximum absolute atomic E-state index is 12.8. The fraction of sp³-hybridized carbons (Fsp3) is 0.600. The first kappa shape index (κ1) is 20.1. The number of halogens is 1. The van der Waals surface area contributed by atoms with Crippen LogP contribution in [0.4, 0.5) is 0 Å². The van der Waals surface area contributed by atoms with Crippen molar-refractivity contribution in [1.82, 2.24) is 9.80 Å². The number of piperazine rings is 1. The average molecular weight is 394 g/mol. The van der Waals surface area contributed by atoms with Gasteiger partial charge in [-0.15, -0.1) is 0 Å². The van der Waals surface area contributed by atoms with E-state index in [1.54, 1.807) is 6.07 Å². The Kier molecular flexibility index (Phi) is 6.73. The largest absolute Gasteiger partial charge is 0.381 e. The van der Waals surface area contributed by atoms with Gasteiger partial charge < -0.3 is 20.3 Å². The van der Waals surface area contributed by atoms with E-state index >= 15 is 0 Å². The Hall–Kier alpha value is -1.63. The van der Waals surface area contributed by atoms with Gasteiger partial charge in [-0.3, -0.25) is 9.59 Å². The highest BCUT2D eigenvalue weighted by Gasteiger charge is 2.34. The van der Waals surface area contributed by atoms with E-state index in [1.165, 1.54) is 0 Å². The zero-order valence-electron chi connectivity index (χ0n) is 15.8. The van der Waals surface area contributed by atoms with Gasteiger partial charge in [-0.25, -0.2) is 0 Å². The third-order valence-electron chi connectivity index (χ3n) is 5.56. The SMILES string of the molecule is CC1CN(C(=O)C(N)C2CCOCC2)CCN1C(=O)Cc1cccc(Cl)c1. The van der Waals surface area contributed by atoms with Crippen LogP contribution in [0.3, 0.4) is 0 Å². The number of ether oxygens (including phenoxy) is 1. The lowest BCUT2D eigenvalue weighted by atomic mass is 9.91. The molecule has 7 heteroatoms. The summed E-state index contributed by atoms with van der Waals surface area (Å²) in [5.74, 6) is 0.241. The van der Waals surface area contributed by atoms with Gasteiger partial charge in [0.15, 0.2) is 0 Å². The second kappa shape index (κ2) is 9.04. The molecule has 2 atom stereocenters. The van der Waals surface area contributed by atoms with Crippen LogP contribution in [-0.4, -0.2) is 66.5 Å². The minimum absolute atomic E-state index is 0.00399. The van der Waals surface area contributed by atoms with Crippen LogP contribution in [0.5, 0.6) is 0 Å². The van der Waals surface area contributed by atoms with Crippen molar-refractivity contribution in [3.63, 3.8) is 0 Å². The Balaban J connectivity index is 1.55. The first-order valence-corrected chi connectivity index (χ1v) is 9.99. The molecule has 0 spiro atoms. The summed E-state index contributed by atoms with van der Waals surface area (Å²) in [5.41, 5.74) is 7.14. The Labute approximate surface area is 165 Å². The van der Waals surface area contributed by atoms with E-state index in [-0.39, 0.29) is 23.8 Å². The molecule has 0 bridgehead atoms. The van der Waals surface area contributed by atoms with Crippen molar-refractivity contribution < 1.29 is 14.3 Å². The van der Waals surface area contributed by atoms with Crippen LogP contribution >= 0.6 is 11.6 Å². The van der Waals surface area contributed by atoms with E-state index in [9.17, 15) is 9.59 Å². The van der Waals surface area contributed by atoms with Crippen molar-refractivity contribution in [2.24, 2.45) is 11.7 Å². The molecule has 6 nitrogen and oxygen atoms in total. The fourth-order valence-electron chi connectivity index (χ4n) is 3.94. The summed E-state index contributed by atoms with van der Waals surface area (Å²) in [5, 5.41) is 0.630. The first-order chi connectivity index (χ1) is 13.0. The number of nitrogens with two attached hydrogens (primary N) is 1. The normalized spacial score (nSPS) is 22.6. The molecular weight excluding hydrogens is 366 g/mol. The average Bonchev–Trinajstić information content (AvgIpc) is 2.67. The predicted octanol–water partition coefficient (Wildman–Crippen LogP) is 1.70. The highest BCUT2D eigenvalue weighted by atomic mass is 35.5. The quantitative estimate of drug-likeness (QED) is 0.844. The van der Waals surface area contributed by atoms with Crippen LogP contribution in [0.15, 0.2) is 24.3 Å². The number of rotatable bonds is 4. The Morgan fingerprint density at radius 2 is 2.04 bits per heavy atom. The van der Waals surface area contributed by atoms with Crippen LogP contribution in [0.2, 0.25) is 5.02 Å². The second-order valence-corrected chi connectivity index (χ2v) is 7.94. The van der Waals surface area contributed by atoms with E-state index in [2.05, 4.69) is 0 Å². The molecule has 1 aromatic rings. The highest BCUT2D eigenvalue weighted by molar-refractivity contribution is 6.30. The molecule has 0 aliphatic carbocycles. The van der Waals surface area contributed by atoms with Gasteiger partial charge in [0.25, 0.3) is 0 Å². The molecule has 3 rings (SSSR count). The molecule has 2 N–H and O–H groups in total. The number of nitrogens with zero attached hydrogens (tertiary/aromatic N) is 2. The van der Waals surface area contributed by atoms with E-state index in [4.69, 9.17) is 22.1 Å². The van der Waals surface area contributed by atoms with Gasteiger partial charge in [0.2, 0.25) is 11.8 Å². The molecule has 27 heavy (non-hydrogen) atoms. The minimum atomic E-state index is -0.477. The van der Waals surface area contributed by atoms with Gasteiger partial charge in [0, 0.05) is 43.9 Å². The maximum atomic E-state index is 12.8. The molecule has 2 aliphatic rings. The molecule has 2 amide bonds. The van der Waals surface area contributed by atoms with E-state index in [0.717, 1.165) is 18.4 Å². The smallest absolute Gasteiger partial charge is 0.239 e. The zero-order valence-corrected chi connectivity index (χ0v) is 16.5. The molecule has 1 aromatic carbocycles. The number of benzene rings is 1. The highest BCUT2D eigenvalue weighted by Crippen LogP contribution is 2.21. The lowest BCUT2D eigenvalue weighted by Crippen LogP contribution is -2.59. The lowest BCUT2D eigenvalue weighted by Gasteiger charge is -2.41. The molecular formula is C20H28ClN3O3. The number of hydrogen-bond donors (Lipinski definition) is 1. The first-order valence-electron chi connectivity index (χ1n) is 9.61. The van der Waals surface area contributed by atoms with Crippen LogP contribution in [-0.2, 0) is 20.7 Å². The molecule has 2 heterocycles. The monoisotopic (exact) mass is 393 g/mol. The summed E-state index contributed by atoms with van der Waals surface area (Å²) >= 11 is 6.00. The minimum Gasteiger partial charge on any atom is -0.381 e. The van der Waals surface area contributed by atoms with Crippen molar-refractivity contribution in [3.8, 4) is 0 Å². The van der Waals surface area contributed by atoms with Gasteiger partial charge in [-0.2, -0.15) is 0 Å². The summed E-state index contributed by atoms with van der Waals surface area (Å²) in [4.78, 5) is 29.1. The van der Waals surface area contributed by atoms with Gasteiger partial charge in [-0.1, -0.05) is 23.7 Å². The molecule has 2 saturated heterocycles. The molecule has 0 saturated carbocycles. The van der Waals surface area contributed by atoms with Gasteiger partial charge in [-0.05, 0) is 43.4 Å². The van der Waals surface area contributed by atoms with Crippen molar-refractivity contribution in [1.29, 1.82) is 0 Å². The topological polar surface area (TPSA) is 75.9 Å². The van der Waals surface area contributed by atoms with Crippen molar-refractivity contribution in [2.75, 3.05) is 32.8 Å². The fourth-order valence-corrected chi connectivity index (χ4v) is 4.15. The van der Waals surface area contributed by atoms with Gasteiger partial charge in [0.1, 0.15) is 0 Å². The standard InChI is InChI=1S/C20H28ClN3O3/c1-14-13-23(20(26)19(22)16-5-9-27-10-6-16)7-8-24(14)18(25)12-15-3-2-4-17(21)11-15/h2-4,11,14,16,19H,5-10,12-13,22H2,1H3. The van der Waals surface area contributed by atoms with E-state index in [0.29, 0.717) is 44.3 Å². The predicted molar refractivity (Wildman–Crippen MR) is 104 cm³/mol. The van der Waals surface area contributed by atoms with Gasteiger partial charge in [0.05, 0.1) is 12.5 Å². The summed E-state index contributed by atoms with van der Waals surface area (Å²) in [6.45, 7) is 4.92. The molecule has 2 unspecified atom stereocenters. The molecule has 0 radical (unpaired) electrons. The summed E-state index contributed by atoms with van der Waals surface area (Å²) in [6, 6.07) is 6.86. The molecule has 148 valence electrons. The van der Waals surface area contributed by atoms with Gasteiger partial charge >= 0.3 is 0 Å². The lowest BCUT2D eigenvalue weighted by molar-refractivity contribution is -0.144. The number of amides is 2.